The zero-order chi connectivity index (χ0) is 21.1. The number of rotatable bonds is 6. The van der Waals surface area contributed by atoms with Gasteiger partial charge in [-0.05, 0) is 23.3 Å². The van der Waals surface area contributed by atoms with E-state index in [0.717, 1.165) is 10.4 Å². The minimum Gasteiger partial charge on any atom is -0.504 e. The van der Waals surface area contributed by atoms with Crippen LogP contribution in [-0.2, 0) is 13.0 Å². The van der Waals surface area contributed by atoms with E-state index in [9.17, 15) is 14.7 Å². The fourth-order valence-corrected chi connectivity index (χ4v) is 4.06. The monoisotopic (exact) mass is 421 g/mol. The van der Waals surface area contributed by atoms with Crippen molar-refractivity contribution in [1.82, 2.24) is 14.7 Å². The van der Waals surface area contributed by atoms with Crippen molar-refractivity contribution in [3.63, 3.8) is 0 Å². The van der Waals surface area contributed by atoms with Crippen LogP contribution in [0.5, 0.6) is 11.5 Å². The molecule has 0 radical (unpaired) electrons. The van der Waals surface area contributed by atoms with Gasteiger partial charge in [-0.3, -0.25) is 14.0 Å². The van der Waals surface area contributed by atoms with Crippen LogP contribution in [0.1, 0.15) is 26.4 Å². The Labute approximate surface area is 176 Å². The highest BCUT2D eigenvalue weighted by molar-refractivity contribution is 7.17. The quantitative estimate of drug-likeness (QED) is 0.499. The highest BCUT2D eigenvalue weighted by atomic mass is 32.1. The molecular formula is C22H19N3O4S. The summed E-state index contributed by atoms with van der Waals surface area (Å²) in [6, 6.07) is 14.8. The van der Waals surface area contributed by atoms with E-state index in [2.05, 4.69) is 10.3 Å². The molecule has 152 valence electrons. The second-order valence-electron chi connectivity index (χ2n) is 6.68. The SMILES string of the molecule is COc1ccc(CNC(=O)c2cnc3sc(Cc4ccccc4)cn3c2=O)cc1O. The summed E-state index contributed by atoms with van der Waals surface area (Å²) in [5, 5.41) is 12.5. The lowest BCUT2D eigenvalue weighted by molar-refractivity contribution is 0.0949. The molecule has 0 bridgehead atoms. The lowest BCUT2D eigenvalue weighted by atomic mass is 10.1. The molecule has 0 aliphatic carbocycles. The number of ether oxygens (including phenoxy) is 1. The van der Waals surface area contributed by atoms with Gasteiger partial charge in [-0.15, -0.1) is 11.3 Å². The number of nitrogens with one attached hydrogen (secondary N) is 1. The van der Waals surface area contributed by atoms with Gasteiger partial charge in [0.15, 0.2) is 16.5 Å². The summed E-state index contributed by atoms with van der Waals surface area (Å²) in [5.74, 6) is -0.189. The maximum Gasteiger partial charge on any atom is 0.271 e. The number of aromatic nitrogens is 2. The molecule has 0 aliphatic heterocycles. The van der Waals surface area contributed by atoms with Crippen molar-refractivity contribution in [1.29, 1.82) is 0 Å². The molecule has 0 atom stereocenters. The third-order valence-electron chi connectivity index (χ3n) is 4.62. The standard InChI is InChI=1S/C22H19N3O4S/c1-29-19-8-7-15(10-18(19)26)11-23-20(27)17-12-24-22-25(21(17)28)13-16(30-22)9-14-5-3-2-4-6-14/h2-8,10,12-13,26H,9,11H2,1H3,(H,23,27). The number of hydrogen-bond acceptors (Lipinski definition) is 6. The van der Waals surface area contributed by atoms with Gasteiger partial charge < -0.3 is 15.2 Å². The second-order valence-corrected chi connectivity index (χ2v) is 7.77. The van der Waals surface area contributed by atoms with E-state index in [4.69, 9.17) is 4.74 Å². The summed E-state index contributed by atoms with van der Waals surface area (Å²) in [6.45, 7) is 0.154. The fraction of sp³-hybridized carbons (Fsp3) is 0.136. The molecule has 2 heterocycles. The Hall–Kier alpha value is -3.65. The van der Waals surface area contributed by atoms with E-state index in [0.29, 0.717) is 22.7 Å². The van der Waals surface area contributed by atoms with Crippen LogP contribution in [0.4, 0.5) is 0 Å². The minimum absolute atomic E-state index is 0.0170. The molecule has 0 saturated heterocycles. The predicted molar refractivity (Wildman–Crippen MR) is 114 cm³/mol. The van der Waals surface area contributed by atoms with Crippen LogP contribution >= 0.6 is 11.3 Å². The van der Waals surface area contributed by atoms with Crippen LogP contribution in [0.15, 0.2) is 65.7 Å². The molecule has 0 spiro atoms. The number of nitrogens with zero attached hydrogens (tertiary/aromatic N) is 2. The number of benzene rings is 2. The van der Waals surface area contributed by atoms with E-state index in [-0.39, 0.29) is 17.9 Å². The van der Waals surface area contributed by atoms with Gasteiger partial charge in [-0.1, -0.05) is 36.4 Å². The molecule has 0 unspecified atom stereocenters. The zero-order valence-corrected chi connectivity index (χ0v) is 17.0. The molecule has 1 amide bonds. The molecule has 0 aliphatic rings. The average molecular weight is 421 g/mol. The molecule has 4 aromatic rings. The topological polar surface area (TPSA) is 92.9 Å². The lowest BCUT2D eigenvalue weighted by Gasteiger charge is -2.08. The number of carbonyl (C=O) groups is 1. The number of phenolic OH excluding ortho intramolecular Hbond substituents is 1. The first kappa shape index (κ1) is 19.7. The highest BCUT2D eigenvalue weighted by Gasteiger charge is 2.15. The van der Waals surface area contributed by atoms with Gasteiger partial charge in [0.2, 0.25) is 0 Å². The van der Waals surface area contributed by atoms with E-state index >= 15 is 0 Å². The van der Waals surface area contributed by atoms with Gasteiger partial charge in [-0.2, -0.15) is 0 Å². The third-order valence-corrected chi connectivity index (χ3v) is 5.61. The first-order chi connectivity index (χ1) is 14.5. The third kappa shape index (κ3) is 4.04. The number of carbonyl (C=O) groups excluding carboxylic acids is 1. The maximum atomic E-state index is 12.8. The first-order valence-corrected chi connectivity index (χ1v) is 10.0. The van der Waals surface area contributed by atoms with E-state index < -0.39 is 11.5 Å². The Kier molecular flexibility index (Phi) is 5.49. The van der Waals surface area contributed by atoms with Gasteiger partial charge >= 0.3 is 0 Å². The Bertz CT molecular complexity index is 1260. The van der Waals surface area contributed by atoms with Crippen LogP contribution in [0.25, 0.3) is 4.96 Å². The highest BCUT2D eigenvalue weighted by Crippen LogP contribution is 2.26. The summed E-state index contributed by atoms with van der Waals surface area (Å²) in [6.07, 6.45) is 3.73. The largest absolute Gasteiger partial charge is 0.504 e. The summed E-state index contributed by atoms with van der Waals surface area (Å²) >= 11 is 1.42. The smallest absolute Gasteiger partial charge is 0.271 e. The average Bonchev–Trinajstić information content (AvgIpc) is 3.16. The zero-order valence-electron chi connectivity index (χ0n) is 16.2. The maximum absolute atomic E-state index is 12.8. The molecule has 2 N–H and O–H groups in total. The van der Waals surface area contributed by atoms with Gasteiger partial charge in [-0.25, -0.2) is 4.98 Å². The van der Waals surface area contributed by atoms with Crippen molar-refractivity contribution in [2.45, 2.75) is 13.0 Å². The summed E-state index contributed by atoms with van der Waals surface area (Å²) in [5.41, 5.74) is 1.37. The van der Waals surface area contributed by atoms with Crippen molar-refractivity contribution in [3.05, 3.63) is 92.8 Å². The lowest BCUT2D eigenvalue weighted by Crippen LogP contribution is -2.30. The molecule has 8 heteroatoms. The molecule has 30 heavy (non-hydrogen) atoms. The van der Waals surface area contributed by atoms with Crippen LogP contribution in [-0.4, -0.2) is 27.5 Å². The van der Waals surface area contributed by atoms with Crippen molar-refractivity contribution >= 4 is 22.2 Å². The summed E-state index contributed by atoms with van der Waals surface area (Å²) in [7, 11) is 1.46. The Morgan fingerprint density at radius 1 is 1.20 bits per heavy atom. The molecule has 7 nitrogen and oxygen atoms in total. The summed E-state index contributed by atoms with van der Waals surface area (Å²) in [4.78, 5) is 31.1. The number of hydrogen-bond donors (Lipinski definition) is 2. The van der Waals surface area contributed by atoms with Gasteiger partial charge in [0.1, 0.15) is 5.56 Å². The molecule has 0 fully saturated rings. The van der Waals surface area contributed by atoms with E-state index in [1.807, 2.05) is 30.3 Å². The molecular weight excluding hydrogens is 402 g/mol. The number of amides is 1. The Morgan fingerprint density at radius 3 is 2.73 bits per heavy atom. The molecule has 4 rings (SSSR count). The van der Waals surface area contributed by atoms with Crippen molar-refractivity contribution < 1.29 is 14.6 Å². The molecule has 2 aromatic heterocycles. The number of thiazole rings is 1. The Morgan fingerprint density at radius 2 is 2.00 bits per heavy atom. The van der Waals surface area contributed by atoms with E-state index in [1.54, 1.807) is 18.3 Å². The molecule has 0 saturated carbocycles. The van der Waals surface area contributed by atoms with Crippen LogP contribution in [0.2, 0.25) is 0 Å². The van der Waals surface area contributed by atoms with Gasteiger partial charge in [0.05, 0.1) is 7.11 Å². The Balaban J connectivity index is 1.52. The van der Waals surface area contributed by atoms with Gasteiger partial charge in [0.25, 0.3) is 11.5 Å². The van der Waals surface area contributed by atoms with E-state index in [1.165, 1.54) is 35.1 Å². The van der Waals surface area contributed by atoms with Crippen molar-refractivity contribution in [3.8, 4) is 11.5 Å². The fourth-order valence-electron chi connectivity index (χ4n) is 3.09. The second kappa shape index (κ2) is 8.38. The van der Waals surface area contributed by atoms with Crippen molar-refractivity contribution in [2.75, 3.05) is 7.11 Å². The minimum atomic E-state index is -0.520. The van der Waals surface area contributed by atoms with Gasteiger partial charge in [0, 0.05) is 30.2 Å². The normalized spacial score (nSPS) is 10.8. The van der Waals surface area contributed by atoms with Crippen LogP contribution in [0.3, 0.4) is 0 Å². The van der Waals surface area contributed by atoms with Crippen LogP contribution in [0, 0.1) is 0 Å². The van der Waals surface area contributed by atoms with Crippen LogP contribution < -0.4 is 15.6 Å². The predicted octanol–water partition coefficient (Wildman–Crippen LogP) is 2.99. The summed E-state index contributed by atoms with van der Waals surface area (Å²) < 4.78 is 6.42. The number of methoxy groups -OCH3 is 1. The first-order valence-electron chi connectivity index (χ1n) is 9.23. The number of aromatic hydroxyl groups is 1. The number of fused-ring (bicyclic) bond motifs is 1. The number of phenols is 1. The molecule has 2 aromatic carbocycles. The van der Waals surface area contributed by atoms with Crippen molar-refractivity contribution in [2.24, 2.45) is 0 Å².